The average molecular weight is 739 g/mol. The molecule has 2 aliphatic heterocycles. The number of carbonyl (C=O) groups is 6. The molecule has 3 aromatic rings. The third-order valence-corrected chi connectivity index (χ3v) is 8.90. The molecule has 0 spiro atoms. The molecule has 1 saturated heterocycles. The Morgan fingerprint density at radius 1 is 0.962 bits per heavy atom. The topological polar surface area (TPSA) is 195 Å². The molecule has 0 aliphatic carbocycles. The number of hydrogen-bond donors (Lipinski definition) is 4. The molecule has 2 amide bonds. The quantitative estimate of drug-likeness (QED) is 0.0796. The predicted octanol–water partition coefficient (Wildman–Crippen LogP) is 4.43. The van der Waals surface area contributed by atoms with Crippen molar-refractivity contribution in [3.05, 3.63) is 83.4 Å². The highest BCUT2D eigenvalue weighted by atomic mass is 19.4. The van der Waals surface area contributed by atoms with Crippen LogP contribution in [0.3, 0.4) is 0 Å². The Morgan fingerprint density at radius 3 is 2.17 bits per heavy atom. The molecule has 2 aliphatic rings. The number of anilines is 2. The van der Waals surface area contributed by atoms with E-state index in [0.29, 0.717) is 47.2 Å². The van der Waals surface area contributed by atoms with Crippen LogP contribution in [0.15, 0.2) is 66.7 Å². The van der Waals surface area contributed by atoms with Crippen molar-refractivity contribution in [2.45, 2.75) is 75.7 Å². The number of hydrogen-bond acceptors (Lipinski definition) is 9. The summed E-state index contributed by atoms with van der Waals surface area (Å²) in [6, 6.07) is 20.6. The van der Waals surface area contributed by atoms with E-state index in [4.69, 9.17) is 20.4 Å². The van der Waals surface area contributed by atoms with Crippen LogP contribution in [0.2, 0.25) is 0 Å². The Morgan fingerprint density at radius 2 is 1.58 bits per heavy atom. The normalized spacial score (nSPS) is 19.3. The van der Waals surface area contributed by atoms with E-state index < -0.39 is 35.3 Å². The van der Waals surface area contributed by atoms with Crippen molar-refractivity contribution < 1.29 is 51.8 Å². The molecule has 282 valence electrons. The van der Waals surface area contributed by atoms with Crippen molar-refractivity contribution in [1.82, 2.24) is 10.6 Å². The van der Waals surface area contributed by atoms with E-state index >= 15 is 0 Å². The number of carboxylic acid groups (broad SMARTS) is 1. The Balaban J connectivity index is 0.000000815. The number of aldehydes is 2. The summed E-state index contributed by atoms with van der Waals surface area (Å²) >= 11 is 0. The summed E-state index contributed by atoms with van der Waals surface area (Å²) in [4.78, 5) is 74.5. The predicted molar refractivity (Wildman–Crippen MR) is 188 cm³/mol. The lowest BCUT2D eigenvalue weighted by molar-refractivity contribution is -0.192. The van der Waals surface area contributed by atoms with Crippen LogP contribution in [0.25, 0.3) is 11.1 Å². The number of benzene rings is 3. The standard InChI is InChI=1S/C36H40N4O6.C2HF3O2/c1-24(2)46-34(45)36(35(23-42,39-36)16-18-41)21-26-13-15-30(28(20-26)27-10-6-3-7-11-27)40-31-14-12-25(9-5-4-8-17-37)19-29(31)33(44)38-22-32(40)43;3-2(4,5)1(6)7/h3,6-7,10-15,18-20,23-24,39H,4-5,8-9,16-17,21-22,37H2,1-2H3,(H,38,44);(H,6,7)/t35?,36-;/m0./s1. The van der Waals surface area contributed by atoms with Gasteiger partial charge in [-0.05, 0) is 80.6 Å². The van der Waals surface area contributed by atoms with E-state index in [1.54, 1.807) is 30.9 Å². The van der Waals surface area contributed by atoms with Crippen LogP contribution < -0.4 is 21.3 Å². The number of rotatable bonds is 14. The second-order valence-corrected chi connectivity index (χ2v) is 13.0. The Hall–Kier alpha value is -5.41. The van der Waals surface area contributed by atoms with Crippen molar-refractivity contribution in [3.8, 4) is 11.1 Å². The maximum Gasteiger partial charge on any atom is 0.490 e. The smallest absolute Gasteiger partial charge is 0.475 e. The van der Waals surface area contributed by atoms with Crippen LogP contribution in [0, 0.1) is 0 Å². The van der Waals surface area contributed by atoms with Crippen LogP contribution in [0.1, 0.15) is 61.0 Å². The van der Waals surface area contributed by atoms with E-state index in [1.165, 1.54) is 0 Å². The first kappa shape index (κ1) is 40.4. The number of alkyl halides is 3. The van der Waals surface area contributed by atoms with Gasteiger partial charge >= 0.3 is 18.1 Å². The molecule has 15 heteroatoms. The molecule has 2 heterocycles. The number of halogens is 3. The third kappa shape index (κ3) is 9.15. The van der Waals surface area contributed by atoms with Crippen LogP contribution in [-0.2, 0) is 41.6 Å². The molecule has 5 N–H and O–H groups in total. The Kier molecular flexibility index (Phi) is 12.9. The van der Waals surface area contributed by atoms with E-state index in [-0.39, 0.29) is 31.2 Å². The van der Waals surface area contributed by atoms with Gasteiger partial charge in [0.25, 0.3) is 11.8 Å². The summed E-state index contributed by atoms with van der Waals surface area (Å²) in [6.45, 7) is 3.90. The number of esters is 1. The van der Waals surface area contributed by atoms with E-state index in [0.717, 1.165) is 36.8 Å². The van der Waals surface area contributed by atoms with Gasteiger partial charge in [-0.2, -0.15) is 13.2 Å². The fourth-order valence-corrected chi connectivity index (χ4v) is 6.24. The zero-order valence-corrected chi connectivity index (χ0v) is 29.2. The monoisotopic (exact) mass is 738 g/mol. The lowest BCUT2D eigenvalue weighted by Crippen LogP contribution is -2.40. The van der Waals surface area contributed by atoms with Gasteiger partial charge < -0.3 is 30.5 Å². The molecular formula is C38H41F3N4O8. The number of fused-ring (bicyclic) bond motifs is 1. The first-order valence-corrected chi connectivity index (χ1v) is 17.0. The van der Waals surface area contributed by atoms with Gasteiger partial charge in [0.1, 0.15) is 23.7 Å². The highest BCUT2D eigenvalue weighted by Gasteiger charge is 2.72. The minimum Gasteiger partial charge on any atom is -0.475 e. The van der Waals surface area contributed by atoms with Gasteiger partial charge in [-0.25, -0.2) is 9.59 Å². The minimum atomic E-state index is -5.08. The molecule has 0 saturated carbocycles. The summed E-state index contributed by atoms with van der Waals surface area (Å²) in [5.41, 5.74) is 7.48. The molecule has 0 aromatic heterocycles. The lowest BCUT2D eigenvalue weighted by Gasteiger charge is -2.26. The summed E-state index contributed by atoms with van der Waals surface area (Å²) in [5.74, 6) is -3.99. The molecule has 5 rings (SSSR count). The van der Waals surface area contributed by atoms with Gasteiger partial charge in [-0.1, -0.05) is 48.9 Å². The van der Waals surface area contributed by atoms with Crippen molar-refractivity contribution >= 4 is 47.7 Å². The second-order valence-electron chi connectivity index (χ2n) is 13.0. The summed E-state index contributed by atoms with van der Waals surface area (Å²) in [7, 11) is 0. The molecule has 53 heavy (non-hydrogen) atoms. The Bertz CT molecular complexity index is 1850. The molecule has 0 radical (unpaired) electrons. The van der Waals surface area contributed by atoms with E-state index in [2.05, 4.69) is 10.6 Å². The van der Waals surface area contributed by atoms with E-state index in [1.807, 2.05) is 54.6 Å². The Labute approximate surface area is 303 Å². The largest absolute Gasteiger partial charge is 0.490 e. The van der Waals surface area contributed by atoms with Crippen LogP contribution >= 0.6 is 0 Å². The summed E-state index contributed by atoms with van der Waals surface area (Å²) in [6.07, 6.45) is -0.717. The molecule has 12 nitrogen and oxygen atoms in total. The maximum absolute atomic E-state index is 13.7. The van der Waals surface area contributed by atoms with Crippen molar-refractivity contribution in [1.29, 1.82) is 0 Å². The van der Waals surface area contributed by atoms with Gasteiger partial charge in [-0.15, -0.1) is 0 Å². The number of ether oxygens (including phenoxy) is 1. The highest BCUT2D eigenvalue weighted by Crippen LogP contribution is 2.45. The fraction of sp³-hybridized carbons (Fsp3) is 0.368. The second kappa shape index (κ2) is 16.9. The lowest BCUT2D eigenvalue weighted by atomic mass is 9.85. The van der Waals surface area contributed by atoms with Gasteiger partial charge in [-0.3, -0.25) is 19.8 Å². The number of nitrogens with one attached hydrogen (secondary N) is 2. The molecule has 1 fully saturated rings. The minimum absolute atomic E-state index is 0.0728. The summed E-state index contributed by atoms with van der Waals surface area (Å²) in [5, 5.41) is 12.9. The number of carboxylic acids is 1. The van der Waals surface area contributed by atoms with Gasteiger partial charge in [0, 0.05) is 18.4 Å². The fourth-order valence-electron chi connectivity index (χ4n) is 6.24. The zero-order chi connectivity index (χ0) is 39.0. The van der Waals surface area contributed by atoms with Gasteiger partial charge in [0.15, 0.2) is 0 Å². The number of nitrogens with two attached hydrogens (primary N) is 1. The van der Waals surface area contributed by atoms with Gasteiger partial charge in [0.05, 0.1) is 29.6 Å². The number of carbonyl (C=O) groups excluding carboxylic acids is 5. The number of aryl methyl sites for hydroxylation is 1. The average Bonchev–Trinajstić information content (AvgIpc) is 3.79. The van der Waals surface area contributed by atoms with Crippen LogP contribution in [0.5, 0.6) is 0 Å². The SMILES string of the molecule is CC(C)OC(=O)[C@]1(Cc2ccc(N3C(=O)CNC(=O)c4cc(CCCCCN)ccc43)c(-c3ccccc3)c2)NC1(C=O)CC=O.O=C(O)C(F)(F)F. The van der Waals surface area contributed by atoms with Crippen molar-refractivity contribution in [3.63, 3.8) is 0 Å². The molecular weight excluding hydrogens is 697 g/mol. The number of amides is 2. The van der Waals surface area contributed by atoms with E-state index in [9.17, 15) is 37.1 Å². The van der Waals surface area contributed by atoms with Crippen LogP contribution in [0.4, 0.5) is 24.5 Å². The molecule has 3 aromatic carbocycles. The maximum atomic E-state index is 13.7. The molecule has 2 atom stereocenters. The first-order valence-electron chi connectivity index (χ1n) is 17.0. The van der Waals surface area contributed by atoms with Crippen LogP contribution in [-0.4, -0.2) is 77.9 Å². The first-order chi connectivity index (χ1) is 25.1. The van der Waals surface area contributed by atoms with Crippen molar-refractivity contribution in [2.24, 2.45) is 5.73 Å². The third-order valence-electron chi connectivity index (χ3n) is 8.90. The zero-order valence-electron chi connectivity index (χ0n) is 29.2. The number of unbranched alkanes of at least 4 members (excludes halogenated alkanes) is 2. The molecule has 0 bridgehead atoms. The number of nitrogens with zero attached hydrogens (tertiary/aromatic N) is 1. The van der Waals surface area contributed by atoms with Gasteiger partial charge in [0.2, 0.25) is 0 Å². The van der Waals surface area contributed by atoms with Crippen molar-refractivity contribution in [2.75, 3.05) is 18.0 Å². The summed E-state index contributed by atoms with van der Waals surface area (Å²) < 4.78 is 37.3. The highest BCUT2D eigenvalue weighted by molar-refractivity contribution is 6.14. The molecule has 1 unspecified atom stereocenters. The number of aliphatic carboxylic acids is 1.